The number of likely N-dealkylation sites (N-methyl/N-ethyl adjacent to an activating group) is 1. The molecule has 34 heavy (non-hydrogen) atoms. The van der Waals surface area contributed by atoms with Crippen LogP contribution in [0.5, 0.6) is 0 Å². The lowest BCUT2D eigenvalue weighted by Crippen LogP contribution is -2.38. The van der Waals surface area contributed by atoms with E-state index in [9.17, 15) is 17.6 Å². The molecular formula is C25H32FN3O3S2. The van der Waals surface area contributed by atoms with Crippen LogP contribution < -0.4 is 4.90 Å². The Labute approximate surface area is 205 Å². The standard InChI is InChI=1S/C25H32FN3O3S2/c1-5-28(6-2)13-14-29(25-27-22-16-18(3)19(4)17-23(22)33-25)24(30)8-7-15-34(31,32)21-11-9-20(26)10-12-21/h9-12,16-17H,5-8,13-15H2,1-4H3. The second-order valence-corrected chi connectivity index (χ2v) is 11.5. The molecule has 184 valence electrons. The topological polar surface area (TPSA) is 70.6 Å². The molecule has 1 heterocycles. The summed E-state index contributed by atoms with van der Waals surface area (Å²) in [5.74, 6) is -0.805. The number of rotatable bonds is 11. The summed E-state index contributed by atoms with van der Waals surface area (Å²) in [5, 5.41) is 0.638. The van der Waals surface area contributed by atoms with Crippen molar-refractivity contribution in [3.8, 4) is 0 Å². The minimum Gasteiger partial charge on any atom is -0.302 e. The van der Waals surface area contributed by atoms with E-state index in [0.717, 1.165) is 41.0 Å². The summed E-state index contributed by atoms with van der Waals surface area (Å²) in [6, 6.07) is 8.90. The van der Waals surface area contributed by atoms with Gasteiger partial charge in [0.2, 0.25) is 5.91 Å². The van der Waals surface area contributed by atoms with E-state index in [2.05, 4.69) is 31.7 Å². The van der Waals surface area contributed by atoms with Crippen LogP contribution in [0, 0.1) is 19.7 Å². The Kier molecular flexibility index (Phi) is 8.78. The average Bonchev–Trinajstić information content (AvgIpc) is 3.19. The number of nitrogens with zero attached hydrogens (tertiary/aromatic N) is 3. The van der Waals surface area contributed by atoms with Gasteiger partial charge in [-0.2, -0.15) is 0 Å². The second-order valence-electron chi connectivity index (χ2n) is 8.35. The third kappa shape index (κ3) is 6.40. The lowest BCUT2D eigenvalue weighted by molar-refractivity contribution is -0.118. The Bertz CT molecular complexity index is 1200. The normalized spacial score (nSPS) is 11.9. The molecular weight excluding hydrogens is 473 g/mol. The van der Waals surface area contributed by atoms with Crippen molar-refractivity contribution in [2.75, 3.05) is 36.8 Å². The molecule has 9 heteroatoms. The number of halogens is 1. The first-order chi connectivity index (χ1) is 16.1. The first kappa shape index (κ1) is 26.2. The van der Waals surface area contributed by atoms with Crippen LogP contribution in [-0.2, 0) is 14.6 Å². The predicted octanol–water partition coefficient (Wildman–Crippen LogP) is 4.98. The fourth-order valence-electron chi connectivity index (χ4n) is 3.70. The number of aryl methyl sites for hydroxylation is 2. The maximum Gasteiger partial charge on any atom is 0.228 e. The van der Waals surface area contributed by atoms with E-state index in [1.165, 1.54) is 29.0 Å². The number of thiazole rings is 1. The summed E-state index contributed by atoms with van der Waals surface area (Å²) in [7, 11) is -3.59. The van der Waals surface area contributed by atoms with Crippen LogP contribution in [0.3, 0.4) is 0 Å². The van der Waals surface area contributed by atoms with Crippen LogP contribution in [0.15, 0.2) is 41.3 Å². The Balaban J connectivity index is 1.76. The maximum absolute atomic E-state index is 13.2. The van der Waals surface area contributed by atoms with E-state index in [1.54, 1.807) is 4.90 Å². The molecule has 0 radical (unpaired) electrons. The maximum atomic E-state index is 13.2. The van der Waals surface area contributed by atoms with E-state index in [0.29, 0.717) is 18.2 Å². The van der Waals surface area contributed by atoms with Gasteiger partial charge in [0.25, 0.3) is 0 Å². The highest BCUT2D eigenvalue weighted by Crippen LogP contribution is 2.31. The van der Waals surface area contributed by atoms with E-state index >= 15 is 0 Å². The predicted molar refractivity (Wildman–Crippen MR) is 137 cm³/mol. The number of carbonyl (C=O) groups is 1. The van der Waals surface area contributed by atoms with Crippen LogP contribution in [0.25, 0.3) is 10.2 Å². The van der Waals surface area contributed by atoms with Crippen molar-refractivity contribution in [1.82, 2.24) is 9.88 Å². The molecule has 1 aromatic heterocycles. The van der Waals surface area contributed by atoms with Crippen molar-refractivity contribution in [3.63, 3.8) is 0 Å². The molecule has 0 unspecified atom stereocenters. The van der Waals surface area contributed by atoms with Gasteiger partial charge in [-0.25, -0.2) is 17.8 Å². The zero-order valence-electron chi connectivity index (χ0n) is 20.2. The van der Waals surface area contributed by atoms with Gasteiger partial charge in [-0.15, -0.1) is 0 Å². The van der Waals surface area contributed by atoms with Gasteiger partial charge < -0.3 is 4.90 Å². The number of benzene rings is 2. The molecule has 1 amide bonds. The van der Waals surface area contributed by atoms with E-state index in [4.69, 9.17) is 4.98 Å². The summed E-state index contributed by atoms with van der Waals surface area (Å²) < 4.78 is 39.3. The number of carbonyl (C=O) groups excluding carboxylic acids is 1. The van der Waals surface area contributed by atoms with Crippen molar-refractivity contribution in [2.24, 2.45) is 0 Å². The quantitative estimate of drug-likeness (QED) is 0.344. The Hall–Kier alpha value is -2.36. The SMILES string of the molecule is CCN(CC)CCN(C(=O)CCCS(=O)(=O)c1ccc(F)cc1)c1nc2cc(C)c(C)cc2s1. The molecule has 3 aromatic rings. The van der Waals surface area contributed by atoms with E-state index in [1.807, 2.05) is 13.0 Å². The minimum atomic E-state index is -3.59. The minimum absolute atomic E-state index is 0.0663. The van der Waals surface area contributed by atoms with Crippen molar-refractivity contribution in [2.45, 2.75) is 45.4 Å². The van der Waals surface area contributed by atoms with Gasteiger partial charge in [-0.3, -0.25) is 9.69 Å². The third-order valence-electron chi connectivity index (χ3n) is 6.04. The molecule has 0 aliphatic heterocycles. The molecule has 0 fully saturated rings. The molecule has 0 saturated heterocycles. The highest BCUT2D eigenvalue weighted by molar-refractivity contribution is 7.91. The first-order valence-corrected chi connectivity index (χ1v) is 14.0. The lowest BCUT2D eigenvalue weighted by atomic mass is 10.1. The average molecular weight is 506 g/mol. The number of sulfone groups is 1. The van der Waals surface area contributed by atoms with Crippen LogP contribution in [0.2, 0.25) is 0 Å². The van der Waals surface area contributed by atoms with E-state index < -0.39 is 15.7 Å². The summed E-state index contributed by atoms with van der Waals surface area (Å²) >= 11 is 1.48. The third-order valence-corrected chi connectivity index (χ3v) is 8.89. The molecule has 3 rings (SSSR count). The number of hydrogen-bond acceptors (Lipinski definition) is 6. The summed E-state index contributed by atoms with van der Waals surface area (Å²) in [4.78, 5) is 22.0. The highest BCUT2D eigenvalue weighted by atomic mass is 32.2. The fraction of sp³-hybridized carbons (Fsp3) is 0.440. The second kappa shape index (κ2) is 11.4. The number of aromatic nitrogens is 1. The Morgan fingerprint density at radius 1 is 1.03 bits per heavy atom. The molecule has 0 aliphatic carbocycles. The molecule has 0 atom stereocenters. The van der Waals surface area contributed by atoms with Gasteiger partial charge in [0.1, 0.15) is 5.82 Å². The first-order valence-electron chi connectivity index (χ1n) is 11.5. The van der Waals surface area contributed by atoms with E-state index in [-0.39, 0.29) is 29.4 Å². The van der Waals surface area contributed by atoms with Gasteiger partial charge in [0, 0.05) is 19.5 Å². The van der Waals surface area contributed by atoms with Crippen LogP contribution in [0.4, 0.5) is 9.52 Å². The number of fused-ring (bicyclic) bond motifs is 1. The van der Waals surface area contributed by atoms with Crippen molar-refractivity contribution in [3.05, 3.63) is 53.3 Å². The van der Waals surface area contributed by atoms with Gasteiger partial charge in [0.05, 0.1) is 20.9 Å². The highest BCUT2D eigenvalue weighted by Gasteiger charge is 2.22. The smallest absolute Gasteiger partial charge is 0.228 e. The Morgan fingerprint density at radius 2 is 1.68 bits per heavy atom. The van der Waals surface area contributed by atoms with Crippen LogP contribution in [-0.4, -0.2) is 56.1 Å². The van der Waals surface area contributed by atoms with Crippen LogP contribution in [0.1, 0.15) is 37.8 Å². The monoisotopic (exact) mass is 505 g/mol. The molecule has 0 bridgehead atoms. The molecule has 0 saturated carbocycles. The van der Waals surface area contributed by atoms with Crippen molar-refractivity contribution >= 4 is 42.4 Å². The summed E-state index contributed by atoms with van der Waals surface area (Å²) in [5.41, 5.74) is 3.19. The molecule has 0 spiro atoms. The van der Waals surface area contributed by atoms with Gasteiger partial charge in [0.15, 0.2) is 15.0 Å². The van der Waals surface area contributed by atoms with Crippen molar-refractivity contribution in [1.29, 1.82) is 0 Å². The van der Waals surface area contributed by atoms with Gasteiger partial charge in [-0.1, -0.05) is 25.2 Å². The summed E-state index contributed by atoms with van der Waals surface area (Å²) in [6.07, 6.45) is 0.274. The number of anilines is 1. The molecule has 2 aromatic carbocycles. The zero-order chi connectivity index (χ0) is 24.9. The van der Waals surface area contributed by atoms with Crippen LogP contribution >= 0.6 is 11.3 Å². The van der Waals surface area contributed by atoms with Gasteiger partial charge >= 0.3 is 0 Å². The number of amides is 1. The lowest BCUT2D eigenvalue weighted by Gasteiger charge is -2.24. The molecule has 0 N–H and O–H groups in total. The van der Waals surface area contributed by atoms with Gasteiger partial charge in [-0.05, 0) is 80.9 Å². The summed E-state index contributed by atoms with van der Waals surface area (Å²) in [6.45, 7) is 11.2. The zero-order valence-corrected chi connectivity index (χ0v) is 21.8. The number of hydrogen-bond donors (Lipinski definition) is 0. The molecule has 6 nitrogen and oxygen atoms in total. The fourth-order valence-corrected chi connectivity index (χ4v) is 6.10. The largest absolute Gasteiger partial charge is 0.302 e. The Morgan fingerprint density at radius 3 is 2.32 bits per heavy atom. The molecule has 0 aliphatic rings. The van der Waals surface area contributed by atoms with Crippen molar-refractivity contribution < 1.29 is 17.6 Å².